The largest absolute Gasteiger partial charge is 0.289 e. The lowest BCUT2D eigenvalue weighted by atomic mass is 9.95. The minimum absolute atomic E-state index is 0.0887. The quantitative estimate of drug-likeness (QED) is 0.819. The number of halogens is 1. The van der Waals surface area contributed by atoms with E-state index in [1.54, 1.807) is 19.9 Å². The fraction of sp³-hybridized carbons (Fsp3) is 0.188. The normalized spacial score (nSPS) is 11.4. The number of benzene rings is 2. The van der Waals surface area contributed by atoms with Crippen LogP contribution in [0.25, 0.3) is 0 Å². The first-order valence-corrected chi connectivity index (χ1v) is 8.21. The van der Waals surface area contributed by atoms with Crippen LogP contribution in [0.15, 0.2) is 41.3 Å². The Morgan fingerprint density at radius 2 is 1.62 bits per heavy atom. The van der Waals surface area contributed by atoms with Gasteiger partial charge in [0.25, 0.3) is 0 Å². The van der Waals surface area contributed by atoms with Gasteiger partial charge in [0.1, 0.15) is 5.82 Å². The second kappa shape index (κ2) is 5.41. The summed E-state index contributed by atoms with van der Waals surface area (Å²) in [5.74, 6) is -0.707. The van der Waals surface area contributed by atoms with Crippen molar-refractivity contribution < 1.29 is 17.6 Å². The van der Waals surface area contributed by atoms with E-state index in [4.69, 9.17) is 0 Å². The molecule has 0 saturated carbocycles. The number of aryl methyl sites for hydroxylation is 2. The lowest BCUT2D eigenvalue weighted by Crippen LogP contribution is -2.08. The SMILES string of the molecule is Cc1cc(F)cc(C)c1C(=O)c1cccc(S(C)(=O)=O)c1. The van der Waals surface area contributed by atoms with Gasteiger partial charge in [0, 0.05) is 17.4 Å². The lowest BCUT2D eigenvalue weighted by Gasteiger charge is -2.10. The third-order valence-corrected chi connectivity index (χ3v) is 4.36. The van der Waals surface area contributed by atoms with Crippen LogP contribution in [0.4, 0.5) is 4.39 Å². The Kier molecular flexibility index (Phi) is 3.96. The second-order valence-electron chi connectivity index (χ2n) is 5.04. The van der Waals surface area contributed by atoms with Gasteiger partial charge in [-0.2, -0.15) is 0 Å². The van der Waals surface area contributed by atoms with Crippen molar-refractivity contribution in [3.63, 3.8) is 0 Å². The van der Waals surface area contributed by atoms with Gasteiger partial charge in [0.15, 0.2) is 15.6 Å². The summed E-state index contributed by atoms with van der Waals surface area (Å²) in [5, 5.41) is 0. The Morgan fingerprint density at radius 1 is 1.05 bits per heavy atom. The summed E-state index contributed by atoms with van der Waals surface area (Å²) < 4.78 is 36.4. The van der Waals surface area contributed by atoms with Gasteiger partial charge in [-0.3, -0.25) is 4.79 Å². The smallest absolute Gasteiger partial charge is 0.193 e. The molecule has 0 aromatic heterocycles. The molecule has 0 radical (unpaired) electrons. The molecule has 0 saturated heterocycles. The molecule has 110 valence electrons. The van der Waals surface area contributed by atoms with Crippen LogP contribution < -0.4 is 0 Å². The van der Waals surface area contributed by atoms with Crippen molar-refractivity contribution in [1.82, 2.24) is 0 Å². The Morgan fingerprint density at radius 3 is 2.14 bits per heavy atom. The van der Waals surface area contributed by atoms with Gasteiger partial charge >= 0.3 is 0 Å². The summed E-state index contributed by atoms with van der Waals surface area (Å²) in [7, 11) is -3.38. The number of rotatable bonds is 3. The van der Waals surface area contributed by atoms with Crippen molar-refractivity contribution in [1.29, 1.82) is 0 Å². The van der Waals surface area contributed by atoms with Crippen molar-refractivity contribution in [2.45, 2.75) is 18.7 Å². The summed E-state index contributed by atoms with van der Waals surface area (Å²) in [6.07, 6.45) is 1.09. The van der Waals surface area contributed by atoms with Gasteiger partial charge in [-0.15, -0.1) is 0 Å². The summed E-state index contributed by atoms with van der Waals surface area (Å²) >= 11 is 0. The molecule has 3 nitrogen and oxygen atoms in total. The highest BCUT2D eigenvalue weighted by Gasteiger charge is 2.17. The second-order valence-corrected chi connectivity index (χ2v) is 7.06. The van der Waals surface area contributed by atoms with Crippen molar-refractivity contribution >= 4 is 15.6 Å². The van der Waals surface area contributed by atoms with Crippen molar-refractivity contribution in [2.24, 2.45) is 0 Å². The molecule has 0 aliphatic carbocycles. The molecule has 0 bridgehead atoms. The van der Waals surface area contributed by atoms with Crippen LogP contribution in [-0.2, 0) is 9.84 Å². The fourth-order valence-electron chi connectivity index (χ4n) is 2.28. The molecule has 0 aliphatic heterocycles. The van der Waals surface area contributed by atoms with E-state index >= 15 is 0 Å². The average Bonchev–Trinajstić information content (AvgIpc) is 2.36. The van der Waals surface area contributed by atoms with E-state index in [9.17, 15) is 17.6 Å². The number of hydrogen-bond acceptors (Lipinski definition) is 3. The molecule has 0 atom stereocenters. The zero-order chi connectivity index (χ0) is 15.8. The van der Waals surface area contributed by atoms with E-state index in [-0.39, 0.29) is 16.2 Å². The van der Waals surface area contributed by atoms with Crippen molar-refractivity contribution in [3.05, 3.63) is 64.5 Å². The highest BCUT2D eigenvalue weighted by Crippen LogP contribution is 2.21. The van der Waals surface area contributed by atoms with Crippen LogP contribution in [0.2, 0.25) is 0 Å². The summed E-state index contributed by atoms with van der Waals surface area (Å²) in [5.41, 5.74) is 1.74. The fourth-order valence-corrected chi connectivity index (χ4v) is 2.95. The molecule has 0 N–H and O–H groups in total. The molecule has 2 aromatic rings. The maximum Gasteiger partial charge on any atom is 0.193 e. The first kappa shape index (κ1) is 15.4. The zero-order valence-corrected chi connectivity index (χ0v) is 12.8. The maximum atomic E-state index is 13.3. The monoisotopic (exact) mass is 306 g/mol. The van der Waals surface area contributed by atoms with Crippen LogP contribution in [-0.4, -0.2) is 20.5 Å². The van der Waals surface area contributed by atoms with Crippen LogP contribution in [0.3, 0.4) is 0 Å². The zero-order valence-electron chi connectivity index (χ0n) is 12.0. The Balaban J connectivity index is 2.56. The van der Waals surface area contributed by atoms with Gasteiger partial charge < -0.3 is 0 Å². The van der Waals surface area contributed by atoms with Gasteiger partial charge in [-0.25, -0.2) is 12.8 Å². The predicted molar refractivity (Wildman–Crippen MR) is 78.9 cm³/mol. The predicted octanol–water partition coefficient (Wildman–Crippen LogP) is 3.08. The topological polar surface area (TPSA) is 51.2 Å². The van der Waals surface area contributed by atoms with E-state index in [0.29, 0.717) is 16.7 Å². The standard InChI is InChI=1S/C16H15FO3S/c1-10-7-13(17)8-11(2)15(10)16(18)12-5-4-6-14(9-12)21(3,19)20/h4-9H,1-3H3. The van der Waals surface area contributed by atoms with Gasteiger partial charge in [0.05, 0.1) is 4.90 Å². The van der Waals surface area contributed by atoms with Crippen molar-refractivity contribution in [3.8, 4) is 0 Å². The number of carbonyl (C=O) groups excluding carboxylic acids is 1. The van der Waals surface area contributed by atoms with E-state index in [1.807, 2.05) is 0 Å². The number of ketones is 1. The van der Waals surface area contributed by atoms with Crippen molar-refractivity contribution in [2.75, 3.05) is 6.26 Å². The van der Waals surface area contributed by atoms with Gasteiger partial charge in [-0.05, 0) is 49.2 Å². The molecule has 2 aromatic carbocycles. The first-order valence-electron chi connectivity index (χ1n) is 6.31. The Hall–Kier alpha value is -2.01. The molecular weight excluding hydrogens is 291 g/mol. The van der Waals surface area contributed by atoms with E-state index in [1.165, 1.54) is 30.3 Å². The first-order chi connectivity index (χ1) is 9.70. The average molecular weight is 306 g/mol. The molecular formula is C16H15FO3S. The van der Waals surface area contributed by atoms with Gasteiger partial charge in [0.2, 0.25) is 0 Å². The molecule has 21 heavy (non-hydrogen) atoms. The van der Waals surface area contributed by atoms with Crippen LogP contribution in [0.1, 0.15) is 27.0 Å². The molecule has 0 spiro atoms. The minimum atomic E-state index is -3.38. The number of carbonyl (C=O) groups is 1. The highest BCUT2D eigenvalue weighted by atomic mass is 32.2. The summed E-state index contributed by atoms with van der Waals surface area (Å²) in [4.78, 5) is 12.6. The van der Waals surface area contributed by atoms with E-state index in [2.05, 4.69) is 0 Å². The minimum Gasteiger partial charge on any atom is -0.289 e. The molecule has 0 heterocycles. The third kappa shape index (κ3) is 3.19. The number of hydrogen-bond donors (Lipinski definition) is 0. The maximum absolute atomic E-state index is 13.3. The lowest BCUT2D eigenvalue weighted by molar-refractivity contribution is 0.103. The summed E-state index contributed by atoms with van der Waals surface area (Å²) in [6, 6.07) is 8.45. The Bertz CT molecular complexity index is 800. The van der Waals surface area contributed by atoms with Gasteiger partial charge in [-0.1, -0.05) is 12.1 Å². The molecule has 0 fully saturated rings. The third-order valence-electron chi connectivity index (χ3n) is 3.25. The Labute approximate surface area is 123 Å². The molecule has 0 unspecified atom stereocenters. The molecule has 2 rings (SSSR count). The van der Waals surface area contributed by atoms with E-state index in [0.717, 1.165) is 6.26 Å². The molecule has 0 amide bonds. The molecule has 0 aliphatic rings. The molecule has 5 heteroatoms. The van der Waals surface area contributed by atoms with Crippen LogP contribution >= 0.6 is 0 Å². The highest BCUT2D eigenvalue weighted by molar-refractivity contribution is 7.90. The van der Waals surface area contributed by atoms with Crippen LogP contribution in [0.5, 0.6) is 0 Å². The summed E-state index contributed by atoms with van der Waals surface area (Å²) in [6.45, 7) is 3.31. The van der Waals surface area contributed by atoms with Crippen LogP contribution in [0, 0.1) is 19.7 Å². The number of sulfone groups is 1. The van der Waals surface area contributed by atoms with E-state index < -0.39 is 15.7 Å².